The highest BCUT2D eigenvalue weighted by atomic mass is 32.1. The van der Waals surface area contributed by atoms with Crippen LogP contribution in [0.15, 0.2) is 54.6 Å². The number of para-hydroxylation sites is 1. The Morgan fingerprint density at radius 2 is 1.69 bits per heavy atom. The van der Waals surface area contributed by atoms with Gasteiger partial charge in [-0.1, -0.05) is 62.4 Å². The lowest BCUT2D eigenvalue weighted by atomic mass is 10.0. The average Bonchev–Trinajstić information content (AvgIpc) is 2.70. The minimum absolute atomic E-state index is 0.0301. The molecule has 0 spiro atoms. The Labute approximate surface area is 177 Å². The van der Waals surface area contributed by atoms with Gasteiger partial charge in [-0.15, -0.1) is 0 Å². The Hall–Kier alpha value is -2.73. The van der Waals surface area contributed by atoms with Crippen LogP contribution in [0.5, 0.6) is 0 Å². The number of aryl methyl sites for hydroxylation is 1. The molecular formula is C23H28N2O3S. The highest BCUT2D eigenvalue weighted by Crippen LogP contribution is 2.23. The van der Waals surface area contributed by atoms with Crippen molar-refractivity contribution in [2.45, 2.75) is 45.4 Å². The molecule has 2 aromatic carbocycles. The van der Waals surface area contributed by atoms with Crippen LogP contribution < -0.4 is 10.6 Å². The maximum Gasteiger partial charge on any atom is 0.306 e. The van der Waals surface area contributed by atoms with E-state index < -0.39 is 0 Å². The van der Waals surface area contributed by atoms with Crippen molar-refractivity contribution in [2.75, 3.05) is 11.9 Å². The van der Waals surface area contributed by atoms with Crippen LogP contribution in [-0.2, 0) is 20.7 Å². The summed E-state index contributed by atoms with van der Waals surface area (Å²) in [6.07, 6.45) is 1.67. The van der Waals surface area contributed by atoms with E-state index in [-0.39, 0.29) is 29.8 Å². The summed E-state index contributed by atoms with van der Waals surface area (Å²) < 4.78 is 5.19. The van der Waals surface area contributed by atoms with Crippen LogP contribution in [0.25, 0.3) is 0 Å². The van der Waals surface area contributed by atoms with Crippen molar-refractivity contribution in [1.29, 1.82) is 0 Å². The van der Waals surface area contributed by atoms with Crippen LogP contribution >= 0.6 is 12.2 Å². The molecule has 2 rings (SSSR count). The molecule has 0 unspecified atom stereocenters. The quantitative estimate of drug-likeness (QED) is 0.358. The first kappa shape index (κ1) is 22.6. The van der Waals surface area contributed by atoms with Gasteiger partial charge < -0.3 is 15.4 Å². The number of amides is 1. The fraction of sp³-hybridized carbons (Fsp3) is 0.348. The molecule has 0 aliphatic rings. The zero-order valence-electron chi connectivity index (χ0n) is 16.9. The molecule has 5 nitrogen and oxygen atoms in total. The Kier molecular flexibility index (Phi) is 9.31. The standard InChI is InChI=1S/C23H28N2O3S/c1-17(2)19-12-6-7-13-20(19)24-23(29)25-21(26)14-15-22(27)28-16-8-11-18-9-4-3-5-10-18/h3-7,9-10,12-13,17H,8,11,14-16H2,1-2H3,(H2,24,25,26,29). The highest BCUT2D eigenvalue weighted by molar-refractivity contribution is 7.80. The molecule has 29 heavy (non-hydrogen) atoms. The summed E-state index contributed by atoms with van der Waals surface area (Å²) in [4.78, 5) is 23.8. The van der Waals surface area contributed by atoms with Gasteiger partial charge in [-0.2, -0.15) is 0 Å². The maximum absolute atomic E-state index is 12.0. The van der Waals surface area contributed by atoms with Gasteiger partial charge in [0.15, 0.2) is 5.11 Å². The molecular weight excluding hydrogens is 384 g/mol. The van der Waals surface area contributed by atoms with Gasteiger partial charge in [-0.05, 0) is 48.2 Å². The Morgan fingerprint density at radius 3 is 2.41 bits per heavy atom. The normalized spacial score (nSPS) is 10.4. The number of esters is 1. The van der Waals surface area contributed by atoms with E-state index >= 15 is 0 Å². The average molecular weight is 413 g/mol. The van der Waals surface area contributed by atoms with Crippen LogP contribution in [0, 0.1) is 0 Å². The van der Waals surface area contributed by atoms with Crippen molar-refractivity contribution < 1.29 is 14.3 Å². The van der Waals surface area contributed by atoms with E-state index in [1.54, 1.807) is 0 Å². The summed E-state index contributed by atoms with van der Waals surface area (Å²) in [7, 11) is 0. The van der Waals surface area contributed by atoms with Gasteiger partial charge in [0.2, 0.25) is 5.91 Å². The summed E-state index contributed by atoms with van der Waals surface area (Å²) in [5.74, 6) is -0.364. The molecule has 0 heterocycles. The van der Waals surface area contributed by atoms with E-state index in [4.69, 9.17) is 17.0 Å². The highest BCUT2D eigenvalue weighted by Gasteiger charge is 2.11. The van der Waals surface area contributed by atoms with Crippen LogP contribution in [0.2, 0.25) is 0 Å². The third kappa shape index (κ3) is 8.44. The van der Waals surface area contributed by atoms with Crippen molar-refractivity contribution in [1.82, 2.24) is 5.32 Å². The second kappa shape index (κ2) is 12.0. The number of hydrogen-bond acceptors (Lipinski definition) is 4. The summed E-state index contributed by atoms with van der Waals surface area (Å²) in [5, 5.41) is 5.89. The number of anilines is 1. The minimum atomic E-state index is -0.378. The number of hydrogen-bond donors (Lipinski definition) is 2. The molecule has 0 saturated carbocycles. The van der Waals surface area contributed by atoms with Crippen LogP contribution in [-0.4, -0.2) is 23.6 Å². The summed E-state index contributed by atoms with van der Waals surface area (Å²) in [5.41, 5.74) is 3.19. The second-order valence-electron chi connectivity index (χ2n) is 7.05. The van der Waals surface area contributed by atoms with Crippen molar-refractivity contribution in [3.63, 3.8) is 0 Å². The van der Waals surface area contributed by atoms with Gasteiger partial charge in [0.1, 0.15) is 0 Å². The molecule has 6 heteroatoms. The molecule has 0 aliphatic heterocycles. The van der Waals surface area contributed by atoms with Crippen LogP contribution in [0.3, 0.4) is 0 Å². The van der Waals surface area contributed by atoms with Crippen LogP contribution in [0.1, 0.15) is 50.2 Å². The zero-order chi connectivity index (χ0) is 21.1. The fourth-order valence-corrected chi connectivity index (χ4v) is 3.08. The Morgan fingerprint density at radius 1 is 1.00 bits per heavy atom. The van der Waals surface area contributed by atoms with Gasteiger partial charge in [0, 0.05) is 12.1 Å². The number of carbonyl (C=O) groups excluding carboxylic acids is 2. The molecule has 1 amide bonds. The smallest absolute Gasteiger partial charge is 0.306 e. The van der Waals surface area contributed by atoms with E-state index in [2.05, 4.69) is 24.5 Å². The molecule has 0 bridgehead atoms. The fourth-order valence-electron chi connectivity index (χ4n) is 2.85. The first-order valence-electron chi connectivity index (χ1n) is 9.85. The SMILES string of the molecule is CC(C)c1ccccc1NC(=S)NC(=O)CCC(=O)OCCCc1ccccc1. The van der Waals surface area contributed by atoms with Crippen molar-refractivity contribution in [2.24, 2.45) is 0 Å². The Bertz CT molecular complexity index is 822. The second-order valence-corrected chi connectivity index (χ2v) is 7.46. The van der Waals surface area contributed by atoms with Gasteiger partial charge in [-0.25, -0.2) is 0 Å². The third-order valence-corrected chi connectivity index (χ3v) is 4.56. The van der Waals surface area contributed by atoms with Gasteiger partial charge in [-0.3, -0.25) is 9.59 Å². The monoisotopic (exact) mass is 412 g/mol. The van der Waals surface area contributed by atoms with Gasteiger partial charge in [0.05, 0.1) is 13.0 Å². The summed E-state index contributed by atoms with van der Waals surface area (Å²) in [6, 6.07) is 17.8. The third-order valence-electron chi connectivity index (χ3n) is 4.36. The predicted molar refractivity (Wildman–Crippen MR) is 120 cm³/mol. The molecule has 0 aliphatic carbocycles. The number of benzene rings is 2. The van der Waals surface area contributed by atoms with Crippen molar-refractivity contribution in [3.05, 3.63) is 65.7 Å². The number of nitrogens with one attached hydrogen (secondary N) is 2. The predicted octanol–water partition coefficient (Wildman–Crippen LogP) is 4.58. The first-order valence-corrected chi connectivity index (χ1v) is 10.3. The van der Waals surface area contributed by atoms with E-state index in [1.165, 1.54) is 5.56 Å². The number of thiocarbonyl (C=S) groups is 1. The molecule has 0 fully saturated rings. The Balaban J connectivity index is 1.64. The lowest BCUT2D eigenvalue weighted by Crippen LogP contribution is -2.34. The first-order chi connectivity index (χ1) is 14.0. The van der Waals surface area contributed by atoms with Crippen molar-refractivity contribution >= 4 is 34.9 Å². The lowest BCUT2D eigenvalue weighted by molar-refractivity contribution is -0.145. The number of ether oxygens (including phenoxy) is 1. The number of carbonyl (C=O) groups is 2. The molecule has 0 aromatic heterocycles. The van der Waals surface area contributed by atoms with Crippen LogP contribution in [0.4, 0.5) is 5.69 Å². The van der Waals surface area contributed by atoms with E-state index in [0.29, 0.717) is 12.5 Å². The molecule has 2 N–H and O–H groups in total. The lowest BCUT2D eigenvalue weighted by Gasteiger charge is -2.15. The van der Waals surface area contributed by atoms with E-state index in [9.17, 15) is 9.59 Å². The largest absolute Gasteiger partial charge is 0.466 e. The van der Waals surface area contributed by atoms with Crippen molar-refractivity contribution in [3.8, 4) is 0 Å². The summed E-state index contributed by atoms with van der Waals surface area (Å²) in [6.45, 7) is 4.53. The number of rotatable bonds is 9. The molecule has 0 atom stereocenters. The summed E-state index contributed by atoms with van der Waals surface area (Å²) >= 11 is 5.21. The van der Waals surface area contributed by atoms with E-state index in [0.717, 1.165) is 24.1 Å². The molecule has 2 aromatic rings. The van der Waals surface area contributed by atoms with E-state index in [1.807, 2.05) is 54.6 Å². The minimum Gasteiger partial charge on any atom is -0.466 e. The maximum atomic E-state index is 12.0. The zero-order valence-corrected chi connectivity index (χ0v) is 17.8. The van der Waals surface area contributed by atoms with Gasteiger partial charge in [0.25, 0.3) is 0 Å². The molecule has 0 radical (unpaired) electrons. The topological polar surface area (TPSA) is 67.4 Å². The molecule has 0 saturated heterocycles. The van der Waals surface area contributed by atoms with Gasteiger partial charge >= 0.3 is 5.97 Å². The molecule has 154 valence electrons.